The van der Waals surface area contributed by atoms with E-state index in [2.05, 4.69) is 17.6 Å². The van der Waals surface area contributed by atoms with E-state index in [0.717, 1.165) is 12.8 Å². The van der Waals surface area contributed by atoms with Crippen LogP contribution in [0.15, 0.2) is 24.3 Å². The molecule has 1 aliphatic rings. The van der Waals surface area contributed by atoms with Gasteiger partial charge in [-0.25, -0.2) is 0 Å². The number of non-ortho nitro benzene ring substituents is 1. The summed E-state index contributed by atoms with van der Waals surface area (Å²) >= 11 is 0. The molecule has 1 unspecified atom stereocenters. The molecule has 1 aromatic rings. The van der Waals surface area contributed by atoms with Crippen LogP contribution in [0.5, 0.6) is 0 Å². The van der Waals surface area contributed by atoms with Crippen LogP contribution in [0.25, 0.3) is 0 Å². The summed E-state index contributed by atoms with van der Waals surface area (Å²) in [5.74, 6) is -0.371. The minimum Gasteiger partial charge on any atom is -0.325 e. The van der Waals surface area contributed by atoms with Crippen molar-refractivity contribution in [2.45, 2.75) is 32.2 Å². The van der Waals surface area contributed by atoms with Crippen molar-refractivity contribution in [1.29, 1.82) is 0 Å². The van der Waals surface area contributed by atoms with Crippen LogP contribution < -0.4 is 10.6 Å². The Bertz CT molecular complexity index is 588. The lowest BCUT2D eigenvalue weighted by Gasteiger charge is -2.32. The minimum atomic E-state index is -0.504. The molecule has 1 aliphatic heterocycles. The molecule has 2 N–H and O–H groups in total. The van der Waals surface area contributed by atoms with E-state index in [1.165, 1.54) is 29.2 Å². The van der Waals surface area contributed by atoms with Gasteiger partial charge in [0, 0.05) is 30.3 Å². The third kappa shape index (κ3) is 4.75. The Morgan fingerprint density at radius 2 is 2.13 bits per heavy atom. The fourth-order valence-electron chi connectivity index (χ4n) is 2.48. The molecule has 0 radical (unpaired) electrons. The van der Waals surface area contributed by atoms with Crippen molar-refractivity contribution >= 4 is 23.2 Å². The first-order valence-corrected chi connectivity index (χ1v) is 7.55. The molecule has 124 valence electrons. The third-order valence-electron chi connectivity index (χ3n) is 3.68. The number of rotatable bonds is 6. The first-order valence-electron chi connectivity index (χ1n) is 7.55. The van der Waals surface area contributed by atoms with Gasteiger partial charge < -0.3 is 10.2 Å². The molecule has 0 bridgehead atoms. The number of benzene rings is 1. The van der Waals surface area contributed by atoms with E-state index in [0.29, 0.717) is 18.8 Å². The molecule has 0 aliphatic carbocycles. The van der Waals surface area contributed by atoms with Gasteiger partial charge in [0.15, 0.2) is 0 Å². The summed E-state index contributed by atoms with van der Waals surface area (Å²) in [4.78, 5) is 35.5. The summed E-state index contributed by atoms with van der Waals surface area (Å²) in [5.41, 5.74) is 0.419. The number of carbonyl (C=O) groups is 2. The standard InChI is InChI=1S/C15H20N4O4/c1-2-3-12-8-15(21)18(10-16-12)9-14(20)17-11-4-6-13(7-5-11)19(22)23/h4-7,12,16H,2-3,8-10H2,1H3,(H,17,20). The van der Waals surface area contributed by atoms with Crippen molar-refractivity contribution < 1.29 is 14.5 Å². The van der Waals surface area contributed by atoms with E-state index in [1.807, 2.05) is 0 Å². The monoisotopic (exact) mass is 320 g/mol. The number of hydrogen-bond acceptors (Lipinski definition) is 5. The van der Waals surface area contributed by atoms with Crippen molar-refractivity contribution in [1.82, 2.24) is 10.2 Å². The lowest BCUT2D eigenvalue weighted by atomic mass is 10.1. The van der Waals surface area contributed by atoms with Gasteiger partial charge in [-0.1, -0.05) is 13.3 Å². The Balaban J connectivity index is 1.85. The van der Waals surface area contributed by atoms with Gasteiger partial charge in [-0.3, -0.25) is 25.0 Å². The van der Waals surface area contributed by atoms with Gasteiger partial charge in [0.25, 0.3) is 5.69 Å². The third-order valence-corrected chi connectivity index (χ3v) is 3.68. The Kier molecular flexibility index (Phi) is 5.64. The SMILES string of the molecule is CCCC1CC(=O)N(CC(=O)Nc2ccc([N+](=O)[O-])cc2)CN1. The highest BCUT2D eigenvalue weighted by Gasteiger charge is 2.26. The molecule has 0 spiro atoms. The molecule has 1 fully saturated rings. The highest BCUT2D eigenvalue weighted by Crippen LogP contribution is 2.15. The molecule has 1 aromatic carbocycles. The lowest BCUT2D eigenvalue weighted by Crippen LogP contribution is -2.52. The zero-order valence-corrected chi connectivity index (χ0v) is 12.9. The van der Waals surface area contributed by atoms with Crippen molar-refractivity contribution in [2.75, 3.05) is 18.5 Å². The number of carbonyl (C=O) groups excluding carboxylic acids is 2. The molecule has 23 heavy (non-hydrogen) atoms. The van der Waals surface area contributed by atoms with Crippen LogP contribution in [0.1, 0.15) is 26.2 Å². The van der Waals surface area contributed by atoms with Gasteiger partial charge in [-0.05, 0) is 18.6 Å². The predicted molar refractivity (Wildman–Crippen MR) is 84.8 cm³/mol. The second-order valence-corrected chi connectivity index (χ2v) is 5.50. The highest BCUT2D eigenvalue weighted by atomic mass is 16.6. The molecule has 8 heteroatoms. The molecule has 2 rings (SSSR count). The second kappa shape index (κ2) is 7.68. The number of amides is 2. The average Bonchev–Trinajstić information content (AvgIpc) is 2.51. The maximum absolute atomic E-state index is 12.0. The number of nitro benzene ring substituents is 1. The molecule has 1 atom stereocenters. The first-order chi connectivity index (χ1) is 11.0. The topological polar surface area (TPSA) is 105 Å². The van der Waals surface area contributed by atoms with Crippen LogP contribution in [0, 0.1) is 10.1 Å². The van der Waals surface area contributed by atoms with Gasteiger partial charge in [-0.15, -0.1) is 0 Å². The van der Waals surface area contributed by atoms with E-state index in [1.54, 1.807) is 0 Å². The van der Waals surface area contributed by atoms with Gasteiger partial charge in [0.1, 0.15) is 6.54 Å². The van der Waals surface area contributed by atoms with Crippen molar-refractivity contribution in [3.63, 3.8) is 0 Å². The van der Waals surface area contributed by atoms with Crippen LogP contribution in [0.4, 0.5) is 11.4 Å². The van der Waals surface area contributed by atoms with E-state index in [9.17, 15) is 19.7 Å². The Morgan fingerprint density at radius 1 is 1.43 bits per heavy atom. The summed E-state index contributed by atoms with van der Waals surface area (Å²) < 4.78 is 0. The maximum atomic E-state index is 12.0. The summed E-state index contributed by atoms with van der Waals surface area (Å²) in [7, 11) is 0. The quantitative estimate of drug-likeness (QED) is 0.610. The molecular weight excluding hydrogens is 300 g/mol. The van der Waals surface area contributed by atoms with E-state index < -0.39 is 4.92 Å². The molecule has 0 aromatic heterocycles. The van der Waals surface area contributed by atoms with Gasteiger partial charge in [0.2, 0.25) is 11.8 Å². The Hall–Kier alpha value is -2.48. The van der Waals surface area contributed by atoms with Crippen molar-refractivity contribution in [3.05, 3.63) is 34.4 Å². The predicted octanol–water partition coefficient (Wildman–Crippen LogP) is 1.48. The Labute approximate surface area is 134 Å². The average molecular weight is 320 g/mol. The summed E-state index contributed by atoms with van der Waals surface area (Å²) in [6.45, 7) is 2.38. The van der Waals surface area contributed by atoms with Crippen LogP contribution in [-0.4, -0.2) is 40.9 Å². The van der Waals surface area contributed by atoms with Crippen molar-refractivity contribution in [3.8, 4) is 0 Å². The largest absolute Gasteiger partial charge is 0.325 e. The zero-order chi connectivity index (χ0) is 16.8. The molecule has 8 nitrogen and oxygen atoms in total. The molecule has 1 saturated heterocycles. The van der Waals surface area contributed by atoms with Crippen molar-refractivity contribution in [2.24, 2.45) is 0 Å². The second-order valence-electron chi connectivity index (χ2n) is 5.50. The lowest BCUT2D eigenvalue weighted by molar-refractivity contribution is -0.384. The summed E-state index contributed by atoms with van der Waals surface area (Å²) in [6, 6.07) is 5.74. The van der Waals surface area contributed by atoms with E-state index in [-0.39, 0.29) is 30.1 Å². The molecule has 1 heterocycles. The zero-order valence-electron chi connectivity index (χ0n) is 12.9. The fraction of sp³-hybridized carbons (Fsp3) is 0.467. The van der Waals surface area contributed by atoms with E-state index in [4.69, 9.17) is 0 Å². The molecular formula is C15H20N4O4. The van der Waals surface area contributed by atoms with Gasteiger partial charge in [0.05, 0.1) is 11.6 Å². The normalized spacial score (nSPS) is 17.9. The first kappa shape index (κ1) is 16.9. The summed E-state index contributed by atoms with van der Waals surface area (Å²) in [6.07, 6.45) is 2.35. The number of anilines is 1. The van der Waals surface area contributed by atoms with Gasteiger partial charge in [-0.2, -0.15) is 0 Å². The number of nitro groups is 1. The number of nitrogens with zero attached hydrogens (tertiary/aromatic N) is 2. The fourth-order valence-corrected chi connectivity index (χ4v) is 2.48. The molecule has 2 amide bonds. The highest BCUT2D eigenvalue weighted by molar-refractivity contribution is 5.94. The number of hydrogen-bond donors (Lipinski definition) is 2. The van der Waals surface area contributed by atoms with Crippen LogP contribution in [0.2, 0.25) is 0 Å². The van der Waals surface area contributed by atoms with Crippen LogP contribution in [-0.2, 0) is 9.59 Å². The van der Waals surface area contributed by atoms with Crippen LogP contribution in [0.3, 0.4) is 0 Å². The number of nitrogens with one attached hydrogen (secondary N) is 2. The van der Waals surface area contributed by atoms with Crippen LogP contribution >= 0.6 is 0 Å². The molecule has 0 saturated carbocycles. The summed E-state index contributed by atoms with van der Waals surface area (Å²) in [5, 5.41) is 16.4. The minimum absolute atomic E-state index is 0.0400. The maximum Gasteiger partial charge on any atom is 0.269 e. The van der Waals surface area contributed by atoms with E-state index >= 15 is 0 Å². The smallest absolute Gasteiger partial charge is 0.269 e. The Morgan fingerprint density at radius 3 is 2.70 bits per heavy atom. The van der Waals surface area contributed by atoms with Gasteiger partial charge >= 0.3 is 0 Å².